The molecule has 0 aromatic heterocycles. The lowest BCUT2D eigenvalue weighted by molar-refractivity contribution is 0.478. The maximum absolute atomic E-state index is 4.69. The average Bonchev–Trinajstić information content (AvgIpc) is 2.28. The zero-order valence-electron chi connectivity index (χ0n) is 12.4. The van der Waals surface area contributed by atoms with E-state index in [1.165, 1.54) is 11.1 Å². The molecule has 0 saturated carbocycles. The van der Waals surface area contributed by atoms with Gasteiger partial charge in [0.1, 0.15) is 0 Å². The Balaban J connectivity index is 2.72. The molecule has 1 aromatic rings. The van der Waals surface area contributed by atoms with Crippen LogP contribution in [0.3, 0.4) is 0 Å². The van der Waals surface area contributed by atoms with Gasteiger partial charge in [-0.1, -0.05) is 36.8 Å². The van der Waals surface area contributed by atoms with Crippen LogP contribution in [0.4, 0.5) is 0 Å². The summed E-state index contributed by atoms with van der Waals surface area (Å²) in [7, 11) is 8.09. The van der Waals surface area contributed by atoms with Gasteiger partial charge < -0.3 is 9.80 Å². The normalized spacial score (nSPS) is 11.9. The SMILES string of the molecule is Cc1ccc(C(C)CN=C(N(C)C)N(C)C)cc1. The molecular formula is C15H25N3. The maximum atomic E-state index is 4.69. The first-order valence-corrected chi connectivity index (χ1v) is 6.37. The number of hydrogen-bond acceptors (Lipinski definition) is 1. The fourth-order valence-corrected chi connectivity index (χ4v) is 1.90. The molecule has 3 heteroatoms. The van der Waals surface area contributed by atoms with Crippen molar-refractivity contribution < 1.29 is 0 Å². The van der Waals surface area contributed by atoms with Gasteiger partial charge in [-0.3, -0.25) is 4.99 Å². The van der Waals surface area contributed by atoms with Crippen molar-refractivity contribution in [1.29, 1.82) is 0 Å². The summed E-state index contributed by atoms with van der Waals surface area (Å²) in [5.41, 5.74) is 2.65. The molecule has 0 fully saturated rings. The minimum absolute atomic E-state index is 0.445. The number of benzene rings is 1. The van der Waals surface area contributed by atoms with Crippen molar-refractivity contribution in [2.45, 2.75) is 19.8 Å². The molecule has 1 atom stereocenters. The van der Waals surface area contributed by atoms with Crippen LogP contribution < -0.4 is 0 Å². The zero-order chi connectivity index (χ0) is 13.7. The number of guanidine groups is 1. The highest BCUT2D eigenvalue weighted by atomic mass is 15.3. The minimum atomic E-state index is 0.445. The summed E-state index contributed by atoms with van der Waals surface area (Å²) < 4.78 is 0. The molecule has 1 rings (SSSR count). The van der Waals surface area contributed by atoms with E-state index < -0.39 is 0 Å². The number of aliphatic imine (C=N–C) groups is 1. The summed E-state index contributed by atoms with van der Waals surface area (Å²) in [5.74, 6) is 1.45. The lowest BCUT2D eigenvalue weighted by Crippen LogP contribution is -2.35. The average molecular weight is 247 g/mol. The third kappa shape index (κ3) is 4.06. The monoisotopic (exact) mass is 247 g/mol. The summed E-state index contributed by atoms with van der Waals surface area (Å²) in [6.07, 6.45) is 0. The van der Waals surface area contributed by atoms with E-state index in [2.05, 4.69) is 43.1 Å². The fourth-order valence-electron chi connectivity index (χ4n) is 1.90. The van der Waals surface area contributed by atoms with E-state index in [1.54, 1.807) is 0 Å². The topological polar surface area (TPSA) is 18.8 Å². The first-order chi connectivity index (χ1) is 8.41. The lowest BCUT2D eigenvalue weighted by atomic mass is 10.0. The van der Waals surface area contributed by atoms with Gasteiger partial charge in [0.2, 0.25) is 0 Å². The van der Waals surface area contributed by atoms with Crippen LogP contribution in [0.25, 0.3) is 0 Å². The van der Waals surface area contributed by atoms with Crippen LogP contribution in [0.2, 0.25) is 0 Å². The minimum Gasteiger partial charge on any atom is -0.349 e. The molecule has 0 aliphatic carbocycles. The predicted molar refractivity (Wildman–Crippen MR) is 79.3 cm³/mol. The quantitative estimate of drug-likeness (QED) is 0.604. The van der Waals surface area contributed by atoms with Crippen molar-refractivity contribution >= 4 is 5.96 Å². The molecule has 0 aliphatic heterocycles. The molecule has 0 radical (unpaired) electrons. The Labute approximate surface area is 111 Å². The van der Waals surface area contributed by atoms with E-state index in [-0.39, 0.29) is 0 Å². The Morgan fingerprint density at radius 3 is 2.00 bits per heavy atom. The highest BCUT2D eigenvalue weighted by Gasteiger charge is 2.08. The number of nitrogens with zero attached hydrogens (tertiary/aromatic N) is 3. The second-order valence-corrected chi connectivity index (χ2v) is 5.24. The van der Waals surface area contributed by atoms with E-state index >= 15 is 0 Å². The standard InChI is InChI=1S/C15H25N3/c1-12-7-9-14(10-8-12)13(2)11-16-15(17(3)4)18(5)6/h7-10,13H,11H2,1-6H3. The third-order valence-corrected chi connectivity index (χ3v) is 2.95. The van der Waals surface area contributed by atoms with Crippen LogP contribution >= 0.6 is 0 Å². The van der Waals surface area contributed by atoms with Crippen molar-refractivity contribution in [3.8, 4) is 0 Å². The molecule has 1 unspecified atom stereocenters. The first kappa shape index (κ1) is 14.6. The smallest absolute Gasteiger partial charge is 0.195 e. The number of aryl methyl sites for hydroxylation is 1. The summed E-state index contributed by atoms with van der Waals surface area (Å²) in [6, 6.07) is 8.71. The van der Waals surface area contributed by atoms with Crippen LogP contribution in [0.1, 0.15) is 24.0 Å². The van der Waals surface area contributed by atoms with Crippen LogP contribution in [-0.4, -0.2) is 50.5 Å². The van der Waals surface area contributed by atoms with Crippen molar-refractivity contribution in [3.63, 3.8) is 0 Å². The van der Waals surface area contributed by atoms with Crippen molar-refractivity contribution in [2.75, 3.05) is 34.7 Å². The van der Waals surface area contributed by atoms with Crippen LogP contribution in [0.5, 0.6) is 0 Å². The highest BCUT2D eigenvalue weighted by Crippen LogP contribution is 2.16. The van der Waals surface area contributed by atoms with Gasteiger partial charge in [0.05, 0.1) is 0 Å². The van der Waals surface area contributed by atoms with Gasteiger partial charge in [-0.25, -0.2) is 0 Å². The van der Waals surface area contributed by atoms with Gasteiger partial charge in [-0.15, -0.1) is 0 Å². The van der Waals surface area contributed by atoms with Crippen LogP contribution in [0, 0.1) is 6.92 Å². The molecule has 1 aromatic carbocycles. The molecule has 0 saturated heterocycles. The van der Waals surface area contributed by atoms with Gasteiger partial charge in [-0.2, -0.15) is 0 Å². The van der Waals surface area contributed by atoms with Crippen LogP contribution in [0.15, 0.2) is 29.3 Å². The summed E-state index contributed by atoms with van der Waals surface area (Å²) in [5, 5.41) is 0. The Morgan fingerprint density at radius 1 is 1.06 bits per heavy atom. The third-order valence-electron chi connectivity index (χ3n) is 2.95. The first-order valence-electron chi connectivity index (χ1n) is 6.37. The van der Waals surface area contributed by atoms with Crippen molar-refractivity contribution in [2.24, 2.45) is 4.99 Å². The lowest BCUT2D eigenvalue weighted by Gasteiger charge is -2.23. The Kier molecular flexibility index (Phi) is 5.20. The van der Waals surface area contributed by atoms with Gasteiger partial charge in [0.15, 0.2) is 5.96 Å². The zero-order valence-corrected chi connectivity index (χ0v) is 12.4. The molecule has 18 heavy (non-hydrogen) atoms. The van der Waals surface area contributed by atoms with Gasteiger partial charge in [-0.05, 0) is 12.5 Å². The predicted octanol–water partition coefficient (Wildman–Crippen LogP) is 2.58. The van der Waals surface area contributed by atoms with Gasteiger partial charge in [0, 0.05) is 40.7 Å². The summed E-state index contributed by atoms with van der Waals surface area (Å²) in [4.78, 5) is 8.78. The second-order valence-electron chi connectivity index (χ2n) is 5.24. The number of rotatable bonds is 3. The molecule has 0 heterocycles. The highest BCUT2D eigenvalue weighted by molar-refractivity contribution is 5.79. The molecule has 0 bridgehead atoms. The van der Waals surface area contributed by atoms with E-state index in [0.29, 0.717) is 5.92 Å². The molecule has 0 aliphatic rings. The Morgan fingerprint density at radius 2 is 1.56 bits per heavy atom. The summed E-state index contributed by atoms with van der Waals surface area (Å²) in [6.45, 7) is 5.15. The molecule has 0 spiro atoms. The van der Waals surface area contributed by atoms with Gasteiger partial charge >= 0.3 is 0 Å². The molecule has 0 amide bonds. The summed E-state index contributed by atoms with van der Waals surface area (Å²) >= 11 is 0. The maximum Gasteiger partial charge on any atom is 0.195 e. The molecule has 100 valence electrons. The Bertz CT molecular complexity index is 381. The van der Waals surface area contributed by atoms with Gasteiger partial charge in [0.25, 0.3) is 0 Å². The number of hydrogen-bond donors (Lipinski definition) is 0. The van der Waals surface area contributed by atoms with Crippen LogP contribution in [-0.2, 0) is 0 Å². The molecular weight excluding hydrogens is 222 g/mol. The van der Waals surface area contributed by atoms with E-state index in [1.807, 2.05) is 38.0 Å². The largest absolute Gasteiger partial charge is 0.349 e. The van der Waals surface area contributed by atoms with E-state index in [9.17, 15) is 0 Å². The van der Waals surface area contributed by atoms with Crippen molar-refractivity contribution in [3.05, 3.63) is 35.4 Å². The molecule has 3 nitrogen and oxygen atoms in total. The van der Waals surface area contributed by atoms with E-state index in [4.69, 9.17) is 0 Å². The second kappa shape index (κ2) is 6.43. The molecule has 0 N–H and O–H groups in total. The van der Waals surface area contributed by atoms with E-state index in [0.717, 1.165) is 12.5 Å². The van der Waals surface area contributed by atoms with Crippen molar-refractivity contribution in [1.82, 2.24) is 9.80 Å². The fraction of sp³-hybridized carbons (Fsp3) is 0.533. The Hall–Kier alpha value is -1.51.